The van der Waals surface area contributed by atoms with Gasteiger partial charge in [-0.15, -0.1) is 15.3 Å². The molecule has 5 heterocycles. The van der Waals surface area contributed by atoms with E-state index in [2.05, 4.69) is 46.0 Å². The number of hydrogen-bond acceptors (Lipinski definition) is 11. The summed E-state index contributed by atoms with van der Waals surface area (Å²) in [4.78, 5) is 35.5. The van der Waals surface area contributed by atoms with E-state index in [0.29, 0.717) is 31.0 Å². The Morgan fingerprint density at radius 3 is 2.83 bits per heavy atom. The van der Waals surface area contributed by atoms with E-state index in [4.69, 9.17) is 4.42 Å². The second-order valence-electron chi connectivity index (χ2n) is 9.91. The third kappa shape index (κ3) is 4.40. The highest BCUT2D eigenvalue weighted by Gasteiger charge is 2.26. The molecule has 1 amide bonds. The second kappa shape index (κ2) is 9.52. The summed E-state index contributed by atoms with van der Waals surface area (Å²) in [6.45, 7) is 0.988. The molecule has 1 aliphatic carbocycles. The van der Waals surface area contributed by atoms with Crippen LogP contribution in [0.15, 0.2) is 46.1 Å². The lowest BCUT2D eigenvalue weighted by atomic mass is 10.1. The maximum absolute atomic E-state index is 12.7. The summed E-state index contributed by atoms with van der Waals surface area (Å²) in [5, 5.41) is 26.3. The van der Waals surface area contributed by atoms with Crippen LogP contribution in [0.4, 0.5) is 5.95 Å². The first kappa shape index (κ1) is 23.9. The summed E-state index contributed by atoms with van der Waals surface area (Å²) in [6.07, 6.45) is 6.98. The van der Waals surface area contributed by atoms with Gasteiger partial charge in [-0.05, 0) is 36.1 Å². The number of benzene rings is 1. The zero-order valence-corrected chi connectivity index (χ0v) is 21.5. The minimum absolute atomic E-state index is 0.000392. The fraction of sp³-hybridized carbons (Fsp3) is 0.320. The van der Waals surface area contributed by atoms with Gasteiger partial charge < -0.3 is 14.6 Å². The van der Waals surface area contributed by atoms with Crippen LogP contribution >= 0.6 is 0 Å². The molecule has 1 unspecified atom stereocenters. The van der Waals surface area contributed by atoms with Gasteiger partial charge in [-0.3, -0.25) is 14.5 Å². The average molecular weight is 541 g/mol. The summed E-state index contributed by atoms with van der Waals surface area (Å²) in [7, 11) is 1.67. The molecule has 7 rings (SSSR count). The molecular formula is C25H24N12O3. The van der Waals surface area contributed by atoms with Gasteiger partial charge in [0.15, 0.2) is 0 Å². The molecule has 15 nitrogen and oxygen atoms in total. The van der Waals surface area contributed by atoms with Crippen molar-refractivity contribution in [1.29, 1.82) is 0 Å². The van der Waals surface area contributed by atoms with Crippen molar-refractivity contribution in [3.8, 4) is 17.1 Å². The molecule has 0 spiro atoms. The Morgan fingerprint density at radius 2 is 2.00 bits per heavy atom. The van der Waals surface area contributed by atoms with E-state index in [1.54, 1.807) is 24.3 Å². The van der Waals surface area contributed by atoms with Gasteiger partial charge in [0, 0.05) is 38.4 Å². The number of aryl methyl sites for hydroxylation is 1. The minimum atomic E-state index is -0.186. The largest absolute Gasteiger partial charge is 0.420 e. The predicted molar refractivity (Wildman–Crippen MR) is 138 cm³/mol. The van der Waals surface area contributed by atoms with Crippen LogP contribution in [0.2, 0.25) is 0 Å². The molecular weight excluding hydrogens is 516 g/mol. The molecule has 202 valence electrons. The third-order valence-electron chi connectivity index (χ3n) is 7.22. The van der Waals surface area contributed by atoms with Crippen molar-refractivity contribution >= 4 is 11.9 Å². The smallest absolute Gasteiger partial charge is 0.350 e. The van der Waals surface area contributed by atoms with Crippen molar-refractivity contribution in [2.24, 2.45) is 7.05 Å². The number of nitrogens with zero attached hydrogens (tertiary/aromatic N) is 10. The number of carbonyl (C=O) groups is 1. The van der Waals surface area contributed by atoms with Gasteiger partial charge in [0.2, 0.25) is 17.7 Å². The third-order valence-corrected chi connectivity index (χ3v) is 7.22. The SMILES string of the molecule is Cn1cnn(-c2ccc3c(c2)CC(Nc2ncc(-c4nnc(CC(=O)N5CCc6[nH]nnc6C5)o4)cn2)C3)c1=O. The molecule has 0 saturated heterocycles. The van der Waals surface area contributed by atoms with Gasteiger partial charge in [0.1, 0.15) is 18.4 Å². The average Bonchev–Trinajstić information content (AvgIpc) is 3.76. The minimum Gasteiger partial charge on any atom is -0.420 e. The van der Waals surface area contributed by atoms with Crippen molar-refractivity contribution < 1.29 is 9.21 Å². The highest BCUT2D eigenvalue weighted by molar-refractivity contribution is 5.78. The number of fused-ring (bicyclic) bond motifs is 2. The van der Waals surface area contributed by atoms with E-state index in [1.807, 2.05) is 18.2 Å². The topological polar surface area (TPSA) is 178 Å². The van der Waals surface area contributed by atoms with Gasteiger partial charge in [-0.1, -0.05) is 11.3 Å². The molecule has 0 radical (unpaired) electrons. The first-order chi connectivity index (χ1) is 19.5. The van der Waals surface area contributed by atoms with Crippen LogP contribution in [0.3, 0.4) is 0 Å². The van der Waals surface area contributed by atoms with E-state index in [0.717, 1.165) is 35.5 Å². The van der Waals surface area contributed by atoms with Crippen LogP contribution in [0, 0.1) is 0 Å². The highest BCUT2D eigenvalue weighted by Crippen LogP contribution is 2.26. The number of H-pyrrole nitrogens is 1. The van der Waals surface area contributed by atoms with Gasteiger partial charge >= 0.3 is 5.69 Å². The molecule has 4 aromatic heterocycles. The van der Waals surface area contributed by atoms with Crippen LogP contribution in [0.1, 0.15) is 28.4 Å². The fourth-order valence-corrected chi connectivity index (χ4v) is 5.09. The lowest BCUT2D eigenvalue weighted by Gasteiger charge is -2.25. The first-order valence-corrected chi connectivity index (χ1v) is 12.8. The summed E-state index contributed by atoms with van der Waals surface area (Å²) in [5.41, 5.74) is 5.22. The molecule has 1 aliphatic heterocycles. The zero-order chi connectivity index (χ0) is 27.2. The van der Waals surface area contributed by atoms with Crippen molar-refractivity contribution in [2.75, 3.05) is 11.9 Å². The standard InChI is InChI=1S/C25H24N12O3/c1-35-13-28-37(25(35)39)18-3-2-14-6-17(7-15(14)8-18)29-24-26-10-16(11-27-24)23-33-32-21(40-23)9-22(38)36-5-4-19-20(12-36)31-34-30-19/h2-3,8,10-11,13,17H,4-7,9,12H2,1H3,(H,26,27,29)(H,30,31,34). The molecule has 0 saturated carbocycles. The Hall–Kier alpha value is -5.21. The van der Waals surface area contributed by atoms with E-state index in [9.17, 15) is 9.59 Å². The van der Waals surface area contributed by atoms with Crippen molar-refractivity contribution in [3.63, 3.8) is 0 Å². The Balaban J connectivity index is 0.969. The van der Waals surface area contributed by atoms with Crippen LogP contribution in [-0.4, -0.2) is 73.3 Å². The van der Waals surface area contributed by atoms with Gasteiger partial charge in [0.25, 0.3) is 5.89 Å². The summed E-state index contributed by atoms with van der Waals surface area (Å²) in [6, 6.07) is 6.06. The number of aromatic amines is 1. The van der Waals surface area contributed by atoms with E-state index in [-0.39, 0.29) is 35.8 Å². The van der Waals surface area contributed by atoms with E-state index in [1.165, 1.54) is 21.1 Å². The van der Waals surface area contributed by atoms with Crippen molar-refractivity contribution in [1.82, 2.24) is 54.8 Å². The van der Waals surface area contributed by atoms with Gasteiger partial charge in [-0.2, -0.15) is 9.78 Å². The number of anilines is 1. The van der Waals surface area contributed by atoms with Crippen LogP contribution in [0.5, 0.6) is 0 Å². The van der Waals surface area contributed by atoms with Crippen LogP contribution < -0.4 is 11.0 Å². The summed E-state index contributed by atoms with van der Waals surface area (Å²) >= 11 is 0. The molecule has 2 N–H and O–H groups in total. The Bertz CT molecular complexity index is 1770. The fourth-order valence-electron chi connectivity index (χ4n) is 5.09. The number of rotatable bonds is 6. The lowest BCUT2D eigenvalue weighted by Crippen LogP contribution is -2.37. The Morgan fingerprint density at radius 1 is 1.15 bits per heavy atom. The highest BCUT2D eigenvalue weighted by atomic mass is 16.4. The van der Waals surface area contributed by atoms with Gasteiger partial charge in [0.05, 0.1) is 23.5 Å². The molecule has 40 heavy (non-hydrogen) atoms. The number of aromatic nitrogens is 10. The van der Waals surface area contributed by atoms with Crippen molar-refractivity contribution in [3.05, 3.63) is 75.8 Å². The van der Waals surface area contributed by atoms with E-state index < -0.39 is 0 Å². The normalized spacial score (nSPS) is 16.1. The Kier molecular flexibility index (Phi) is 5.68. The zero-order valence-electron chi connectivity index (χ0n) is 21.5. The quantitative estimate of drug-likeness (QED) is 0.301. The van der Waals surface area contributed by atoms with E-state index >= 15 is 0 Å². The molecule has 2 aliphatic rings. The molecule has 1 aromatic carbocycles. The number of carbonyl (C=O) groups excluding carboxylic acids is 1. The van der Waals surface area contributed by atoms with Crippen molar-refractivity contribution in [2.45, 2.75) is 38.3 Å². The molecule has 1 atom stereocenters. The second-order valence-corrected chi connectivity index (χ2v) is 9.91. The number of hydrogen-bond donors (Lipinski definition) is 2. The first-order valence-electron chi connectivity index (χ1n) is 12.8. The lowest BCUT2D eigenvalue weighted by molar-refractivity contribution is -0.131. The maximum atomic E-state index is 12.7. The summed E-state index contributed by atoms with van der Waals surface area (Å²) in [5.74, 6) is 0.841. The Labute approximate surface area is 226 Å². The van der Waals surface area contributed by atoms with Gasteiger partial charge in [-0.25, -0.2) is 14.8 Å². The van der Waals surface area contributed by atoms with Crippen LogP contribution in [0.25, 0.3) is 17.1 Å². The van der Waals surface area contributed by atoms with Crippen LogP contribution in [-0.2, 0) is 44.1 Å². The maximum Gasteiger partial charge on any atom is 0.350 e. The molecule has 5 aromatic rings. The predicted octanol–water partition coefficient (Wildman–Crippen LogP) is 0.236. The molecule has 15 heteroatoms. The number of amides is 1. The number of nitrogens with one attached hydrogen (secondary N) is 2. The molecule has 0 bridgehead atoms. The summed E-state index contributed by atoms with van der Waals surface area (Å²) < 4.78 is 8.56. The molecule has 0 fully saturated rings. The monoisotopic (exact) mass is 540 g/mol.